The first kappa shape index (κ1) is 25.0. The number of piperidine rings is 2. The molecule has 0 atom stereocenters. The van der Waals surface area contributed by atoms with Crippen LogP contribution in [0.15, 0.2) is 30.3 Å². The summed E-state index contributed by atoms with van der Waals surface area (Å²) in [5.74, 6) is 1.09. The third kappa shape index (κ3) is 5.50. The molecule has 2 aliphatic heterocycles. The predicted octanol–water partition coefficient (Wildman–Crippen LogP) is 5.67. The number of hydrogen-bond acceptors (Lipinski definition) is 4. The van der Waals surface area contributed by atoms with E-state index >= 15 is 0 Å². The fourth-order valence-corrected chi connectivity index (χ4v) is 6.14. The number of fused-ring (bicyclic) bond motifs is 1. The normalized spacial score (nSPS) is 18.2. The fraction of sp³-hybridized carbons (Fsp3) is 0.533. The average molecular weight is 488 g/mol. The van der Waals surface area contributed by atoms with Crippen LogP contribution in [0.2, 0.25) is 0 Å². The molecule has 4 heterocycles. The predicted molar refractivity (Wildman–Crippen MR) is 147 cm³/mol. The van der Waals surface area contributed by atoms with Crippen LogP contribution < -0.4 is 5.43 Å². The number of likely N-dealkylation sites (tertiary alicyclic amines) is 1. The van der Waals surface area contributed by atoms with Crippen LogP contribution in [-0.4, -0.2) is 58.5 Å². The highest BCUT2D eigenvalue weighted by Gasteiger charge is 2.24. The van der Waals surface area contributed by atoms with E-state index in [4.69, 9.17) is 0 Å². The van der Waals surface area contributed by atoms with Crippen LogP contribution in [0.25, 0.3) is 22.2 Å². The Kier molecular flexibility index (Phi) is 7.44. The molecule has 0 aliphatic carbocycles. The van der Waals surface area contributed by atoms with Crippen molar-refractivity contribution in [3.05, 3.63) is 52.8 Å². The van der Waals surface area contributed by atoms with Crippen LogP contribution in [0.4, 0.5) is 0 Å². The lowest BCUT2D eigenvalue weighted by Gasteiger charge is -2.33. The summed E-state index contributed by atoms with van der Waals surface area (Å²) in [5.41, 5.74) is 11.7. The second-order valence-electron chi connectivity index (χ2n) is 11.1. The number of carbonyl (C=O) groups excluding carboxylic acids is 1. The summed E-state index contributed by atoms with van der Waals surface area (Å²) in [4.78, 5) is 23.1. The minimum absolute atomic E-state index is 0.139. The van der Waals surface area contributed by atoms with Crippen molar-refractivity contribution in [2.75, 3.05) is 32.7 Å². The minimum Gasteiger partial charge on any atom is -0.354 e. The molecular weight excluding hydrogens is 446 g/mol. The first-order chi connectivity index (χ1) is 17.4. The maximum absolute atomic E-state index is 12.5. The van der Waals surface area contributed by atoms with E-state index < -0.39 is 0 Å². The topological polar surface area (TPSA) is 64.3 Å². The van der Waals surface area contributed by atoms with Gasteiger partial charge in [0.1, 0.15) is 0 Å². The standard InChI is InChI=1S/C30H41N5O/c1-20(2)29-26-18-24(8-9-27(26)32-30(29)25-16-21(3)31-22(4)17-25)23-10-14-34(15-11-23)19-28(36)33-35-12-6-5-7-13-35/h8-9,16-18,20,23,32H,5-7,10-15,19H2,1-4H3,(H,33,36). The van der Waals surface area contributed by atoms with Crippen LogP contribution >= 0.6 is 0 Å². The van der Waals surface area contributed by atoms with Crippen LogP contribution in [0.1, 0.15) is 80.3 Å². The summed E-state index contributed by atoms with van der Waals surface area (Å²) in [6, 6.07) is 11.4. The van der Waals surface area contributed by atoms with E-state index in [0.29, 0.717) is 18.4 Å². The van der Waals surface area contributed by atoms with Gasteiger partial charge in [-0.05, 0) is 99.8 Å². The first-order valence-electron chi connectivity index (χ1n) is 13.8. The van der Waals surface area contributed by atoms with Gasteiger partial charge < -0.3 is 4.98 Å². The van der Waals surface area contributed by atoms with Gasteiger partial charge >= 0.3 is 0 Å². The smallest absolute Gasteiger partial charge is 0.248 e. The molecule has 2 fully saturated rings. The van der Waals surface area contributed by atoms with Gasteiger partial charge in [-0.2, -0.15) is 0 Å². The molecule has 6 heteroatoms. The lowest BCUT2D eigenvalue weighted by molar-refractivity contribution is -0.127. The van der Waals surface area contributed by atoms with Crippen molar-refractivity contribution >= 4 is 16.8 Å². The summed E-state index contributed by atoms with van der Waals surface area (Å²) < 4.78 is 0. The lowest BCUT2D eigenvalue weighted by Crippen LogP contribution is -2.49. The number of hydrazine groups is 1. The maximum atomic E-state index is 12.5. The van der Waals surface area contributed by atoms with Crippen molar-refractivity contribution in [3.63, 3.8) is 0 Å². The van der Waals surface area contributed by atoms with Gasteiger partial charge in [0, 0.05) is 40.9 Å². The quantitative estimate of drug-likeness (QED) is 0.470. The average Bonchev–Trinajstić information content (AvgIpc) is 3.24. The molecule has 6 nitrogen and oxygen atoms in total. The Hall–Kier alpha value is -2.70. The Labute approximate surface area is 215 Å². The molecule has 36 heavy (non-hydrogen) atoms. The summed E-state index contributed by atoms with van der Waals surface area (Å²) in [6.45, 7) is 13.1. The molecule has 0 spiro atoms. The summed E-state index contributed by atoms with van der Waals surface area (Å²) in [6.07, 6.45) is 5.83. The SMILES string of the molecule is Cc1cc(-c2[nH]c3ccc(C4CCN(CC(=O)NN5CCCCC5)CC4)cc3c2C(C)C)cc(C)n1. The first-order valence-corrected chi connectivity index (χ1v) is 13.8. The van der Waals surface area contributed by atoms with Gasteiger partial charge in [0.05, 0.1) is 12.2 Å². The fourth-order valence-electron chi connectivity index (χ4n) is 6.14. The molecule has 1 amide bonds. The van der Waals surface area contributed by atoms with Gasteiger partial charge in [0.25, 0.3) is 0 Å². The Morgan fingerprint density at radius 2 is 1.72 bits per heavy atom. The molecule has 2 N–H and O–H groups in total. The van der Waals surface area contributed by atoms with Gasteiger partial charge in [-0.15, -0.1) is 0 Å². The van der Waals surface area contributed by atoms with E-state index in [0.717, 1.165) is 50.4 Å². The Morgan fingerprint density at radius 1 is 1.03 bits per heavy atom. The van der Waals surface area contributed by atoms with Gasteiger partial charge in [0.2, 0.25) is 5.91 Å². The number of aryl methyl sites for hydroxylation is 2. The molecule has 0 radical (unpaired) electrons. The molecular formula is C30H41N5O. The van der Waals surface area contributed by atoms with Crippen molar-refractivity contribution in [2.24, 2.45) is 0 Å². The molecule has 1 aromatic carbocycles. The number of aromatic amines is 1. The maximum Gasteiger partial charge on any atom is 0.248 e. The molecule has 0 bridgehead atoms. The second-order valence-corrected chi connectivity index (χ2v) is 11.1. The summed E-state index contributed by atoms with van der Waals surface area (Å²) in [5, 5.41) is 3.44. The molecule has 0 unspecified atom stereocenters. The molecule has 2 saturated heterocycles. The van der Waals surface area contributed by atoms with E-state index in [1.54, 1.807) is 0 Å². The molecule has 192 valence electrons. The molecule has 2 aliphatic rings. The Morgan fingerprint density at radius 3 is 2.39 bits per heavy atom. The monoisotopic (exact) mass is 487 g/mol. The van der Waals surface area contributed by atoms with Crippen molar-refractivity contribution in [1.29, 1.82) is 0 Å². The van der Waals surface area contributed by atoms with E-state index in [9.17, 15) is 4.79 Å². The third-order valence-corrected chi connectivity index (χ3v) is 7.88. The number of aromatic nitrogens is 2. The summed E-state index contributed by atoms with van der Waals surface area (Å²) in [7, 11) is 0. The molecule has 3 aromatic rings. The highest BCUT2D eigenvalue weighted by molar-refractivity contribution is 5.92. The van der Waals surface area contributed by atoms with Crippen LogP contribution in [-0.2, 0) is 4.79 Å². The van der Waals surface area contributed by atoms with Gasteiger partial charge in [-0.3, -0.25) is 20.1 Å². The Bertz CT molecular complexity index is 1200. The van der Waals surface area contributed by atoms with E-state index in [2.05, 4.69) is 83.3 Å². The number of hydrogen-bond donors (Lipinski definition) is 2. The number of nitrogens with zero attached hydrogens (tertiary/aromatic N) is 3. The molecule has 2 aromatic heterocycles. The number of carbonyl (C=O) groups is 1. The van der Waals surface area contributed by atoms with E-state index in [-0.39, 0.29) is 5.91 Å². The zero-order valence-electron chi connectivity index (χ0n) is 22.4. The highest BCUT2D eigenvalue weighted by Crippen LogP contribution is 2.38. The largest absolute Gasteiger partial charge is 0.354 e. The lowest BCUT2D eigenvalue weighted by atomic mass is 9.87. The van der Waals surface area contributed by atoms with Crippen molar-refractivity contribution in [2.45, 2.75) is 71.6 Å². The van der Waals surface area contributed by atoms with Gasteiger partial charge in [0.15, 0.2) is 0 Å². The van der Waals surface area contributed by atoms with Crippen molar-refractivity contribution < 1.29 is 4.79 Å². The van der Waals surface area contributed by atoms with Gasteiger partial charge in [-0.25, -0.2) is 5.01 Å². The number of benzene rings is 1. The second kappa shape index (κ2) is 10.7. The molecule has 0 saturated carbocycles. The zero-order valence-corrected chi connectivity index (χ0v) is 22.4. The highest BCUT2D eigenvalue weighted by atomic mass is 16.2. The van der Waals surface area contributed by atoms with Crippen LogP contribution in [0.5, 0.6) is 0 Å². The minimum atomic E-state index is 0.139. The third-order valence-electron chi connectivity index (χ3n) is 7.88. The van der Waals surface area contributed by atoms with Crippen molar-refractivity contribution in [3.8, 4) is 11.3 Å². The number of rotatable bonds is 6. The zero-order chi connectivity index (χ0) is 25.2. The van der Waals surface area contributed by atoms with Gasteiger partial charge in [-0.1, -0.05) is 26.3 Å². The number of H-pyrrole nitrogens is 1. The number of pyridine rings is 1. The van der Waals surface area contributed by atoms with Crippen LogP contribution in [0, 0.1) is 13.8 Å². The molecule has 5 rings (SSSR count). The van der Waals surface area contributed by atoms with E-state index in [1.807, 2.05) is 0 Å². The van der Waals surface area contributed by atoms with Crippen molar-refractivity contribution in [1.82, 2.24) is 25.3 Å². The van der Waals surface area contributed by atoms with E-state index in [1.165, 1.54) is 52.5 Å². The van der Waals surface area contributed by atoms with Crippen LogP contribution in [0.3, 0.4) is 0 Å². The number of nitrogens with one attached hydrogen (secondary N) is 2. The Balaban J connectivity index is 1.29. The summed E-state index contributed by atoms with van der Waals surface area (Å²) >= 11 is 0. The number of amides is 1.